The summed E-state index contributed by atoms with van der Waals surface area (Å²) in [6.07, 6.45) is 2.55. The molecule has 2 aliphatic rings. The fourth-order valence-electron chi connectivity index (χ4n) is 2.83. The van der Waals surface area contributed by atoms with Crippen molar-refractivity contribution in [2.75, 3.05) is 37.7 Å². The highest BCUT2D eigenvalue weighted by Crippen LogP contribution is 2.24. The first-order chi connectivity index (χ1) is 9.26. The summed E-state index contributed by atoms with van der Waals surface area (Å²) in [7, 11) is 0. The van der Waals surface area contributed by atoms with Crippen LogP contribution in [0.25, 0.3) is 0 Å². The fraction of sp³-hybridized carbons (Fsp3) is 0.750. The Bertz CT molecular complexity index is 458. The zero-order valence-corrected chi connectivity index (χ0v) is 11.8. The predicted octanol–water partition coefficient (Wildman–Crippen LogP) is 1.21. The molecule has 2 saturated heterocycles. The number of piperazine rings is 1. The third-order valence-corrected chi connectivity index (χ3v) is 3.89. The molecule has 1 atom stereocenters. The SMILES string of the molecule is CCOc1nc(Cl)nc(N2CCN3CCCC3C2)n1. The maximum absolute atomic E-state index is 5.94. The molecule has 0 bridgehead atoms. The predicted molar refractivity (Wildman–Crippen MR) is 72.8 cm³/mol. The number of ether oxygens (including phenoxy) is 1. The van der Waals surface area contributed by atoms with E-state index >= 15 is 0 Å². The molecule has 6 nitrogen and oxygen atoms in total. The van der Waals surface area contributed by atoms with Crippen molar-refractivity contribution in [1.82, 2.24) is 19.9 Å². The van der Waals surface area contributed by atoms with Crippen LogP contribution in [0.4, 0.5) is 5.95 Å². The summed E-state index contributed by atoms with van der Waals surface area (Å²) in [6.45, 7) is 6.61. The molecule has 1 unspecified atom stereocenters. The monoisotopic (exact) mass is 283 g/mol. The van der Waals surface area contributed by atoms with Crippen molar-refractivity contribution in [2.24, 2.45) is 0 Å². The molecule has 1 aromatic rings. The minimum Gasteiger partial charge on any atom is -0.464 e. The summed E-state index contributed by atoms with van der Waals surface area (Å²) < 4.78 is 5.32. The highest BCUT2D eigenvalue weighted by molar-refractivity contribution is 6.28. The van der Waals surface area contributed by atoms with Crippen LogP contribution < -0.4 is 9.64 Å². The van der Waals surface area contributed by atoms with Crippen molar-refractivity contribution in [3.63, 3.8) is 0 Å². The second-order valence-corrected chi connectivity index (χ2v) is 5.24. The van der Waals surface area contributed by atoms with E-state index in [1.807, 2.05) is 6.92 Å². The molecule has 0 radical (unpaired) electrons. The number of fused-ring (bicyclic) bond motifs is 1. The molecule has 0 N–H and O–H groups in total. The number of hydrogen-bond acceptors (Lipinski definition) is 6. The zero-order valence-electron chi connectivity index (χ0n) is 11.0. The van der Waals surface area contributed by atoms with Crippen molar-refractivity contribution >= 4 is 17.5 Å². The molecule has 2 fully saturated rings. The van der Waals surface area contributed by atoms with Gasteiger partial charge in [-0.2, -0.15) is 15.0 Å². The minimum atomic E-state index is 0.197. The van der Waals surface area contributed by atoms with Crippen LogP contribution in [0.15, 0.2) is 0 Å². The maximum Gasteiger partial charge on any atom is 0.322 e. The first kappa shape index (κ1) is 12.9. The van der Waals surface area contributed by atoms with Crippen LogP contribution in [0, 0.1) is 0 Å². The average Bonchev–Trinajstić information content (AvgIpc) is 2.85. The van der Waals surface area contributed by atoms with Crippen molar-refractivity contribution in [2.45, 2.75) is 25.8 Å². The molecule has 104 valence electrons. The van der Waals surface area contributed by atoms with Crippen molar-refractivity contribution in [3.8, 4) is 6.01 Å². The lowest BCUT2D eigenvalue weighted by molar-refractivity contribution is 0.229. The largest absolute Gasteiger partial charge is 0.464 e. The highest BCUT2D eigenvalue weighted by atomic mass is 35.5. The Labute approximate surface area is 117 Å². The van der Waals surface area contributed by atoms with Crippen molar-refractivity contribution in [1.29, 1.82) is 0 Å². The quantitative estimate of drug-likeness (QED) is 0.831. The first-order valence-electron chi connectivity index (χ1n) is 6.79. The van der Waals surface area contributed by atoms with Gasteiger partial charge in [0.15, 0.2) is 0 Å². The third-order valence-electron chi connectivity index (χ3n) is 3.72. The lowest BCUT2D eigenvalue weighted by Gasteiger charge is -2.37. The highest BCUT2D eigenvalue weighted by Gasteiger charge is 2.31. The Kier molecular flexibility index (Phi) is 3.70. The topological polar surface area (TPSA) is 54.4 Å². The van der Waals surface area contributed by atoms with Crippen LogP contribution in [0.5, 0.6) is 6.01 Å². The van der Waals surface area contributed by atoms with Gasteiger partial charge in [-0.1, -0.05) is 0 Å². The summed E-state index contributed by atoms with van der Waals surface area (Å²) in [5.41, 5.74) is 0. The second-order valence-electron chi connectivity index (χ2n) is 4.90. The molecule has 19 heavy (non-hydrogen) atoms. The van der Waals surface area contributed by atoms with Gasteiger partial charge in [0, 0.05) is 25.7 Å². The Morgan fingerprint density at radius 2 is 2.16 bits per heavy atom. The molecule has 3 rings (SSSR count). The molecule has 0 saturated carbocycles. The van der Waals surface area contributed by atoms with E-state index < -0.39 is 0 Å². The van der Waals surface area contributed by atoms with Gasteiger partial charge >= 0.3 is 6.01 Å². The lowest BCUT2D eigenvalue weighted by atomic mass is 10.2. The molecular formula is C12H18ClN5O. The molecule has 2 aliphatic heterocycles. The van der Waals surface area contributed by atoms with Crippen molar-refractivity contribution < 1.29 is 4.74 Å². The molecule has 0 amide bonds. The Morgan fingerprint density at radius 1 is 1.26 bits per heavy atom. The number of aromatic nitrogens is 3. The Hall–Kier alpha value is -1.14. The second kappa shape index (κ2) is 5.46. The standard InChI is InChI=1S/C12H18ClN5O/c1-2-19-12-15-10(13)14-11(16-12)18-7-6-17-5-3-4-9(17)8-18/h9H,2-8H2,1H3. The van der Waals surface area contributed by atoms with Crippen LogP contribution in [0.1, 0.15) is 19.8 Å². The molecule has 3 heterocycles. The van der Waals surface area contributed by atoms with Crippen molar-refractivity contribution in [3.05, 3.63) is 5.28 Å². The normalized spacial score (nSPS) is 23.5. The maximum atomic E-state index is 5.94. The number of halogens is 1. The summed E-state index contributed by atoms with van der Waals surface area (Å²) in [6, 6.07) is 0.936. The van der Waals surface area contributed by atoms with Gasteiger partial charge < -0.3 is 9.64 Å². The van der Waals surface area contributed by atoms with E-state index in [1.54, 1.807) is 0 Å². The van der Waals surface area contributed by atoms with E-state index in [-0.39, 0.29) is 5.28 Å². The van der Waals surface area contributed by atoms with Gasteiger partial charge in [-0.25, -0.2) is 0 Å². The van der Waals surface area contributed by atoms with Crippen LogP contribution in [-0.2, 0) is 0 Å². The van der Waals surface area contributed by atoms with Gasteiger partial charge in [-0.15, -0.1) is 0 Å². The molecule has 0 aromatic carbocycles. The Balaban J connectivity index is 1.77. The van der Waals surface area contributed by atoms with E-state index in [2.05, 4.69) is 24.8 Å². The van der Waals surface area contributed by atoms with Crippen LogP contribution in [0.3, 0.4) is 0 Å². The van der Waals surface area contributed by atoms with E-state index in [0.717, 1.165) is 19.6 Å². The summed E-state index contributed by atoms with van der Waals surface area (Å²) >= 11 is 5.94. The van der Waals surface area contributed by atoms with Gasteiger partial charge in [-0.05, 0) is 37.9 Å². The number of anilines is 1. The molecule has 0 spiro atoms. The van der Waals surface area contributed by atoms with Gasteiger partial charge in [0.2, 0.25) is 11.2 Å². The fourth-order valence-corrected chi connectivity index (χ4v) is 2.98. The number of rotatable bonds is 3. The van der Waals surface area contributed by atoms with Gasteiger partial charge in [-0.3, -0.25) is 4.90 Å². The van der Waals surface area contributed by atoms with E-state index in [9.17, 15) is 0 Å². The van der Waals surface area contributed by atoms with Crippen LogP contribution >= 0.6 is 11.6 Å². The van der Waals surface area contributed by atoms with Gasteiger partial charge in [0.05, 0.1) is 6.61 Å². The van der Waals surface area contributed by atoms with Crippen LogP contribution in [0.2, 0.25) is 5.28 Å². The molecule has 7 heteroatoms. The summed E-state index contributed by atoms with van der Waals surface area (Å²) in [5.74, 6) is 0.634. The smallest absolute Gasteiger partial charge is 0.322 e. The molecule has 0 aliphatic carbocycles. The Morgan fingerprint density at radius 3 is 3.00 bits per heavy atom. The lowest BCUT2D eigenvalue weighted by Crippen LogP contribution is -2.50. The molecular weight excluding hydrogens is 266 g/mol. The third kappa shape index (κ3) is 2.74. The zero-order chi connectivity index (χ0) is 13.2. The summed E-state index contributed by atoms with van der Waals surface area (Å²) in [5, 5.41) is 0.197. The van der Waals surface area contributed by atoms with Crippen LogP contribution in [-0.4, -0.2) is 58.7 Å². The van der Waals surface area contributed by atoms with E-state index in [0.29, 0.717) is 24.6 Å². The summed E-state index contributed by atoms with van der Waals surface area (Å²) in [4.78, 5) is 17.3. The van der Waals surface area contributed by atoms with E-state index in [4.69, 9.17) is 16.3 Å². The minimum absolute atomic E-state index is 0.197. The number of hydrogen-bond donors (Lipinski definition) is 0. The molecule has 1 aromatic heterocycles. The number of nitrogens with zero attached hydrogens (tertiary/aromatic N) is 5. The average molecular weight is 284 g/mol. The van der Waals surface area contributed by atoms with Gasteiger partial charge in [0.1, 0.15) is 0 Å². The van der Waals surface area contributed by atoms with Gasteiger partial charge in [0.25, 0.3) is 0 Å². The van der Waals surface area contributed by atoms with E-state index in [1.165, 1.54) is 19.4 Å². The first-order valence-corrected chi connectivity index (χ1v) is 7.17.